The molecule has 0 atom stereocenters. The lowest BCUT2D eigenvalue weighted by atomic mass is 9.96. The second kappa shape index (κ2) is 12.0. The molecule has 8 nitrogen and oxygen atoms in total. The van der Waals surface area contributed by atoms with Crippen molar-refractivity contribution >= 4 is 17.6 Å². The number of rotatable bonds is 3. The van der Waals surface area contributed by atoms with Crippen molar-refractivity contribution in [3.8, 4) is 5.75 Å². The normalized spacial score (nSPS) is 21.2. The summed E-state index contributed by atoms with van der Waals surface area (Å²) in [7, 11) is 0. The van der Waals surface area contributed by atoms with Crippen molar-refractivity contribution in [3.05, 3.63) is 53.1 Å². The number of oxime groups is 1. The highest BCUT2D eigenvalue weighted by Crippen LogP contribution is 2.24. The highest BCUT2D eigenvalue weighted by molar-refractivity contribution is 6.00. The summed E-state index contributed by atoms with van der Waals surface area (Å²) in [6, 6.07) is 3.07. The summed E-state index contributed by atoms with van der Waals surface area (Å²) in [6.45, 7) is 4.00. The molecule has 1 amide bonds. The van der Waals surface area contributed by atoms with Crippen molar-refractivity contribution < 1.29 is 29.0 Å². The first-order valence-corrected chi connectivity index (χ1v) is 10.9. The molecule has 0 unspecified atom stereocenters. The van der Waals surface area contributed by atoms with Gasteiger partial charge in [-0.05, 0) is 55.5 Å². The highest BCUT2D eigenvalue weighted by Gasteiger charge is 2.19. The van der Waals surface area contributed by atoms with Gasteiger partial charge in [0.05, 0.1) is 31.1 Å². The van der Waals surface area contributed by atoms with Crippen LogP contribution in [0.25, 0.3) is 0 Å². The summed E-state index contributed by atoms with van der Waals surface area (Å²) in [4.78, 5) is 32.1. The van der Waals surface area contributed by atoms with Crippen molar-refractivity contribution in [2.75, 3.05) is 39.5 Å². The quantitative estimate of drug-likeness (QED) is 0.439. The van der Waals surface area contributed by atoms with E-state index in [0.29, 0.717) is 61.7 Å². The first-order chi connectivity index (χ1) is 15.5. The molecule has 3 rings (SSSR count). The van der Waals surface area contributed by atoms with Gasteiger partial charge in [-0.3, -0.25) is 4.79 Å². The summed E-state index contributed by atoms with van der Waals surface area (Å²) < 4.78 is 10.7. The molecule has 0 bridgehead atoms. The standard InChI is InChI=1S/C24H30N2O6/c1-18-14-21(27)16-19-15-20(25-32-17-22(28)26-9-12-30-13-10-26)8-6-4-2-3-5-7-11-31-24(29)23(18)19/h3,5-6,8,14,16,27H,2,4,7,9-13,15,17H2,1H3/b5-3+,8-6+,25-20-. The number of aryl methyl sites for hydroxylation is 1. The number of fused-ring (bicyclic) bond motifs is 1. The molecule has 2 aliphatic heterocycles. The van der Waals surface area contributed by atoms with Crippen LogP contribution in [-0.2, 0) is 25.5 Å². The lowest BCUT2D eigenvalue weighted by Gasteiger charge is -2.26. The fourth-order valence-corrected chi connectivity index (χ4v) is 3.60. The summed E-state index contributed by atoms with van der Waals surface area (Å²) in [5.74, 6) is -0.523. The first kappa shape index (κ1) is 23.5. The number of cyclic esters (lactones) is 1. The van der Waals surface area contributed by atoms with E-state index in [4.69, 9.17) is 14.3 Å². The third kappa shape index (κ3) is 6.95. The molecule has 0 aliphatic carbocycles. The fraction of sp³-hybridized carbons (Fsp3) is 0.458. The molecule has 0 spiro atoms. The topological polar surface area (TPSA) is 97.7 Å². The molecule has 0 radical (unpaired) electrons. The molecule has 8 heteroatoms. The van der Waals surface area contributed by atoms with E-state index < -0.39 is 5.97 Å². The molecule has 2 aliphatic rings. The van der Waals surface area contributed by atoms with Gasteiger partial charge in [0.2, 0.25) is 0 Å². The zero-order chi connectivity index (χ0) is 22.8. The van der Waals surface area contributed by atoms with Crippen LogP contribution in [0.5, 0.6) is 5.75 Å². The lowest BCUT2D eigenvalue weighted by Crippen LogP contribution is -2.42. The number of hydrogen-bond acceptors (Lipinski definition) is 7. The van der Waals surface area contributed by atoms with Crippen molar-refractivity contribution in [1.82, 2.24) is 4.90 Å². The minimum atomic E-state index is -0.435. The van der Waals surface area contributed by atoms with E-state index in [9.17, 15) is 14.7 Å². The van der Waals surface area contributed by atoms with Crippen LogP contribution >= 0.6 is 0 Å². The number of esters is 1. The molecule has 0 aromatic heterocycles. The van der Waals surface area contributed by atoms with Gasteiger partial charge < -0.3 is 24.3 Å². The average Bonchev–Trinajstić information content (AvgIpc) is 2.77. The molecular weight excluding hydrogens is 412 g/mol. The minimum Gasteiger partial charge on any atom is -0.508 e. The molecule has 1 N–H and O–H groups in total. The number of amides is 1. The van der Waals surface area contributed by atoms with E-state index in [1.54, 1.807) is 11.8 Å². The van der Waals surface area contributed by atoms with Crippen LogP contribution in [0.15, 0.2) is 41.6 Å². The summed E-state index contributed by atoms with van der Waals surface area (Å²) in [6.07, 6.45) is 10.4. The second-order valence-electron chi connectivity index (χ2n) is 7.70. The molecule has 1 fully saturated rings. The maximum Gasteiger partial charge on any atom is 0.338 e. The Hall–Kier alpha value is -3.13. The number of phenols is 1. The smallest absolute Gasteiger partial charge is 0.338 e. The number of allylic oxidation sites excluding steroid dienone is 3. The van der Waals surface area contributed by atoms with Gasteiger partial charge in [0.1, 0.15) is 5.75 Å². The number of benzene rings is 1. The number of nitrogens with zero attached hydrogens (tertiary/aromatic N) is 2. The van der Waals surface area contributed by atoms with Crippen LogP contribution in [0.4, 0.5) is 0 Å². The third-order valence-corrected chi connectivity index (χ3v) is 5.21. The molecule has 2 heterocycles. The van der Waals surface area contributed by atoms with Crippen LogP contribution in [0.3, 0.4) is 0 Å². The Morgan fingerprint density at radius 2 is 1.88 bits per heavy atom. The van der Waals surface area contributed by atoms with E-state index >= 15 is 0 Å². The zero-order valence-electron chi connectivity index (χ0n) is 18.4. The van der Waals surface area contributed by atoms with E-state index in [-0.39, 0.29) is 24.7 Å². The maximum atomic E-state index is 12.7. The van der Waals surface area contributed by atoms with E-state index in [0.717, 1.165) is 12.8 Å². The van der Waals surface area contributed by atoms with Crippen molar-refractivity contribution in [3.63, 3.8) is 0 Å². The van der Waals surface area contributed by atoms with E-state index in [2.05, 4.69) is 11.2 Å². The minimum absolute atomic E-state index is 0.0600. The lowest BCUT2D eigenvalue weighted by molar-refractivity contribution is -0.140. The maximum absolute atomic E-state index is 12.7. The number of morpholine rings is 1. The number of carbonyl (C=O) groups is 2. The fourth-order valence-electron chi connectivity index (χ4n) is 3.60. The van der Waals surface area contributed by atoms with Crippen LogP contribution in [0, 0.1) is 6.92 Å². The van der Waals surface area contributed by atoms with Crippen LogP contribution in [-0.4, -0.2) is 67.1 Å². The Kier molecular flexibility index (Phi) is 8.86. The van der Waals surface area contributed by atoms with Crippen molar-refractivity contribution in [2.45, 2.75) is 32.6 Å². The molecule has 172 valence electrons. The molecule has 1 aromatic rings. The molecule has 32 heavy (non-hydrogen) atoms. The number of aromatic hydroxyl groups is 1. The molecule has 1 saturated heterocycles. The Morgan fingerprint density at radius 1 is 1.12 bits per heavy atom. The average molecular weight is 443 g/mol. The van der Waals surface area contributed by atoms with Gasteiger partial charge in [0.25, 0.3) is 5.91 Å². The number of hydrogen-bond donors (Lipinski definition) is 1. The van der Waals surface area contributed by atoms with Gasteiger partial charge in [0, 0.05) is 19.5 Å². The van der Waals surface area contributed by atoms with Gasteiger partial charge in [-0.1, -0.05) is 23.4 Å². The van der Waals surface area contributed by atoms with Gasteiger partial charge in [-0.2, -0.15) is 0 Å². The summed E-state index contributed by atoms with van der Waals surface area (Å²) >= 11 is 0. The molecule has 0 saturated carbocycles. The van der Waals surface area contributed by atoms with Gasteiger partial charge in [0.15, 0.2) is 6.61 Å². The summed E-state index contributed by atoms with van der Waals surface area (Å²) in [5, 5.41) is 14.3. The monoisotopic (exact) mass is 442 g/mol. The third-order valence-electron chi connectivity index (χ3n) is 5.21. The Morgan fingerprint density at radius 3 is 2.69 bits per heavy atom. The van der Waals surface area contributed by atoms with Gasteiger partial charge in [-0.25, -0.2) is 4.79 Å². The number of phenolic OH excluding ortho intramolecular Hbond substituents is 1. The van der Waals surface area contributed by atoms with Gasteiger partial charge in [-0.15, -0.1) is 0 Å². The van der Waals surface area contributed by atoms with E-state index in [1.165, 1.54) is 12.1 Å². The summed E-state index contributed by atoms with van der Waals surface area (Å²) in [5.41, 5.74) is 2.17. The zero-order valence-corrected chi connectivity index (χ0v) is 18.4. The predicted octanol–water partition coefficient (Wildman–Crippen LogP) is 2.93. The van der Waals surface area contributed by atoms with Crippen molar-refractivity contribution in [1.29, 1.82) is 0 Å². The highest BCUT2D eigenvalue weighted by atomic mass is 16.6. The molecular formula is C24H30N2O6. The van der Waals surface area contributed by atoms with E-state index in [1.807, 2.05) is 18.2 Å². The number of ether oxygens (including phenoxy) is 2. The predicted molar refractivity (Wildman–Crippen MR) is 120 cm³/mol. The van der Waals surface area contributed by atoms with Crippen molar-refractivity contribution in [2.24, 2.45) is 5.16 Å². The molecule has 1 aromatic carbocycles. The van der Waals surface area contributed by atoms with Crippen LogP contribution in [0.1, 0.15) is 40.7 Å². The SMILES string of the molecule is Cc1cc(O)cc2c1C(=O)OCC/C=C/CC/C=C/C(=N/OCC(=O)N1CCOCC1)C2. The Labute approximate surface area is 188 Å². The van der Waals surface area contributed by atoms with Crippen LogP contribution in [0.2, 0.25) is 0 Å². The number of carbonyl (C=O) groups excluding carboxylic acids is 2. The largest absolute Gasteiger partial charge is 0.508 e. The van der Waals surface area contributed by atoms with Gasteiger partial charge >= 0.3 is 5.97 Å². The Bertz CT molecular complexity index is 900. The second-order valence-corrected chi connectivity index (χ2v) is 7.70. The Balaban J connectivity index is 1.80. The van der Waals surface area contributed by atoms with Crippen LogP contribution < -0.4 is 0 Å². The first-order valence-electron chi connectivity index (χ1n) is 10.9.